The van der Waals surface area contributed by atoms with E-state index in [9.17, 15) is 14.4 Å². The normalized spacial score (nSPS) is 22.6. The molecule has 1 aliphatic carbocycles. The second kappa shape index (κ2) is 7.76. The molecule has 2 aliphatic rings. The molecule has 3 rings (SSSR count). The smallest absolute Gasteiger partial charge is 0.307 e. The molecule has 1 aliphatic heterocycles. The van der Waals surface area contributed by atoms with E-state index in [4.69, 9.17) is 9.84 Å². The number of piperidine rings is 1. The average Bonchev–Trinajstić information content (AvgIpc) is 3.44. The van der Waals surface area contributed by atoms with E-state index in [2.05, 4.69) is 5.32 Å². The van der Waals surface area contributed by atoms with Gasteiger partial charge in [-0.15, -0.1) is 0 Å². The summed E-state index contributed by atoms with van der Waals surface area (Å²) in [5, 5.41) is 11.8. The van der Waals surface area contributed by atoms with E-state index in [1.807, 2.05) is 29.2 Å². The molecule has 7 nitrogen and oxygen atoms in total. The number of carbonyl (C=O) groups excluding carboxylic acids is 2. The lowest BCUT2D eigenvalue weighted by Crippen LogP contribution is -2.47. The highest BCUT2D eigenvalue weighted by molar-refractivity contribution is 5.89. The Balaban J connectivity index is 1.45. The number of benzene rings is 1. The summed E-state index contributed by atoms with van der Waals surface area (Å²) in [6, 6.07) is 7.49. The van der Waals surface area contributed by atoms with Gasteiger partial charge in [-0.25, -0.2) is 0 Å². The van der Waals surface area contributed by atoms with Crippen LogP contribution in [0, 0.1) is 11.8 Å². The molecule has 2 fully saturated rings. The third-order valence-electron chi connectivity index (χ3n) is 5.17. The number of nitrogens with zero attached hydrogens (tertiary/aromatic N) is 1. The van der Waals surface area contributed by atoms with Crippen LogP contribution < -0.4 is 10.1 Å². The van der Waals surface area contributed by atoms with Gasteiger partial charge in [-0.05, 0) is 25.3 Å². The van der Waals surface area contributed by atoms with Gasteiger partial charge < -0.3 is 20.1 Å². The van der Waals surface area contributed by atoms with Gasteiger partial charge in [0.15, 0.2) is 0 Å². The van der Waals surface area contributed by atoms with Crippen molar-refractivity contribution >= 4 is 17.8 Å². The minimum atomic E-state index is -0.901. The number of hydrogen-bond acceptors (Lipinski definition) is 4. The maximum atomic E-state index is 12.5. The largest absolute Gasteiger partial charge is 0.496 e. The third kappa shape index (κ3) is 4.15. The van der Waals surface area contributed by atoms with Gasteiger partial charge in [0.05, 0.1) is 25.4 Å². The average molecular weight is 360 g/mol. The predicted octanol–water partition coefficient (Wildman–Crippen LogP) is 1.07. The summed E-state index contributed by atoms with van der Waals surface area (Å²) in [7, 11) is 1.59. The lowest BCUT2D eigenvalue weighted by Gasteiger charge is -2.32. The van der Waals surface area contributed by atoms with Crippen molar-refractivity contribution in [2.45, 2.75) is 31.7 Å². The third-order valence-corrected chi connectivity index (χ3v) is 5.17. The van der Waals surface area contributed by atoms with Crippen molar-refractivity contribution in [1.82, 2.24) is 10.2 Å². The molecule has 26 heavy (non-hydrogen) atoms. The molecular weight excluding hydrogens is 336 g/mol. The molecule has 2 atom stereocenters. The second-order valence-corrected chi connectivity index (χ2v) is 6.94. The summed E-state index contributed by atoms with van der Waals surface area (Å²) in [6.07, 6.45) is 2.10. The van der Waals surface area contributed by atoms with Crippen LogP contribution in [-0.2, 0) is 20.8 Å². The first kappa shape index (κ1) is 18.2. The summed E-state index contributed by atoms with van der Waals surface area (Å²) in [5.41, 5.74) is 0.865. The van der Waals surface area contributed by atoms with Crippen LogP contribution in [-0.4, -0.2) is 54.0 Å². The van der Waals surface area contributed by atoms with Crippen molar-refractivity contribution in [3.8, 4) is 5.75 Å². The zero-order valence-electron chi connectivity index (χ0n) is 14.8. The summed E-state index contributed by atoms with van der Waals surface area (Å²) >= 11 is 0. The van der Waals surface area contributed by atoms with Crippen LogP contribution >= 0.6 is 0 Å². The molecule has 7 heteroatoms. The van der Waals surface area contributed by atoms with E-state index >= 15 is 0 Å². The Morgan fingerprint density at radius 2 is 1.88 bits per heavy atom. The van der Waals surface area contributed by atoms with Gasteiger partial charge in [0.2, 0.25) is 11.8 Å². The highest BCUT2D eigenvalue weighted by Gasteiger charge is 2.48. The maximum absolute atomic E-state index is 12.5. The van der Waals surface area contributed by atoms with Crippen LogP contribution in [0.25, 0.3) is 0 Å². The molecule has 2 unspecified atom stereocenters. The predicted molar refractivity (Wildman–Crippen MR) is 93.7 cm³/mol. The van der Waals surface area contributed by atoms with E-state index in [1.165, 1.54) is 0 Å². The number of hydrogen-bond donors (Lipinski definition) is 2. The summed E-state index contributed by atoms with van der Waals surface area (Å²) in [4.78, 5) is 37.2. The molecule has 0 spiro atoms. The van der Waals surface area contributed by atoms with Gasteiger partial charge in [0, 0.05) is 24.7 Å². The number of likely N-dealkylation sites (tertiary alicyclic amines) is 1. The first-order chi connectivity index (χ1) is 12.5. The van der Waals surface area contributed by atoms with Crippen molar-refractivity contribution in [3.05, 3.63) is 29.8 Å². The van der Waals surface area contributed by atoms with Crippen molar-refractivity contribution < 1.29 is 24.2 Å². The number of aliphatic carboxylic acids is 1. The summed E-state index contributed by atoms with van der Waals surface area (Å²) in [5.74, 6) is -1.24. The molecular formula is C19H24N2O5. The quantitative estimate of drug-likeness (QED) is 0.791. The Hall–Kier alpha value is -2.57. The fourth-order valence-electron chi connectivity index (χ4n) is 3.46. The lowest BCUT2D eigenvalue weighted by molar-refractivity contribution is -0.140. The number of amides is 2. The number of methoxy groups -OCH3 is 1. The topological polar surface area (TPSA) is 95.9 Å². The highest BCUT2D eigenvalue weighted by Crippen LogP contribution is 2.38. The number of ether oxygens (including phenoxy) is 1. The minimum absolute atomic E-state index is 0.00727. The van der Waals surface area contributed by atoms with E-state index < -0.39 is 17.8 Å². The molecule has 0 radical (unpaired) electrons. The molecule has 1 aromatic carbocycles. The number of carboxylic acid groups (broad SMARTS) is 1. The maximum Gasteiger partial charge on any atom is 0.307 e. The van der Waals surface area contributed by atoms with Gasteiger partial charge in [0.1, 0.15) is 5.75 Å². The number of rotatable bonds is 6. The van der Waals surface area contributed by atoms with Gasteiger partial charge >= 0.3 is 5.97 Å². The van der Waals surface area contributed by atoms with Crippen molar-refractivity contribution in [3.63, 3.8) is 0 Å². The SMILES string of the molecule is COc1ccccc1CC(=O)N1CCC(NC(=O)C2CC2C(=O)O)CC1. The van der Waals surface area contributed by atoms with Crippen LogP contribution in [0.2, 0.25) is 0 Å². The van der Waals surface area contributed by atoms with E-state index in [0.29, 0.717) is 44.5 Å². The first-order valence-electron chi connectivity index (χ1n) is 8.92. The standard InChI is InChI=1S/C19H24N2O5/c1-26-16-5-3-2-4-12(16)10-17(22)21-8-6-13(7-9-21)20-18(23)14-11-15(14)19(24)25/h2-5,13-15H,6-11H2,1H3,(H,20,23)(H,24,25). The van der Waals surface area contributed by atoms with Crippen LogP contribution in [0.15, 0.2) is 24.3 Å². The van der Waals surface area contributed by atoms with E-state index in [1.54, 1.807) is 7.11 Å². The van der Waals surface area contributed by atoms with Gasteiger partial charge in [-0.2, -0.15) is 0 Å². The molecule has 140 valence electrons. The Morgan fingerprint density at radius 3 is 2.50 bits per heavy atom. The molecule has 1 saturated heterocycles. The molecule has 2 N–H and O–H groups in total. The van der Waals surface area contributed by atoms with Crippen molar-refractivity contribution in [2.75, 3.05) is 20.2 Å². The molecule has 0 aromatic heterocycles. The second-order valence-electron chi connectivity index (χ2n) is 6.94. The summed E-state index contributed by atoms with van der Waals surface area (Å²) in [6.45, 7) is 1.18. The van der Waals surface area contributed by atoms with Crippen LogP contribution in [0.3, 0.4) is 0 Å². The number of carbonyl (C=O) groups is 3. The van der Waals surface area contributed by atoms with E-state index in [-0.39, 0.29) is 17.9 Å². The van der Waals surface area contributed by atoms with Gasteiger partial charge in [-0.3, -0.25) is 14.4 Å². The van der Waals surface area contributed by atoms with Crippen LogP contribution in [0.5, 0.6) is 5.75 Å². The monoisotopic (exact) mass is 360 g/mol. The van der Waals surface area contributed by atoms with Crippen molar-refractivity contribution in [2.24, 2.45) is 11.8 Å². The zero-order chi connectivity index (χ0) is 18.7. The lowest BCUT2D eigenvalue weighted by atomic mass is 10.0. The van der Waals surface area contributed by atoms with Gasteiger partial charge in [-0.1, -0.05) is 18.2 Å². The van der Waals surface area contributed by atoms with E-state index in [0.717, 1.165) is 5.56 Å². The molecule has 2 amide bonds. The highest BCUT2D eigenvalue weighted by atomic mass is 16.5. The minimum Gasteiger partial charge on any atom is -0.496 e. The molecule has 0 bridgehead atoms. The number of carboxylic acids is 1. The molecule has 1 aromatic rings. The Bertz CT molecular complexity index is 697. The van der Waals surface area contributed by atoms with Crippen molar-refractivity contribution in [1.29, 1.82) is 0 Å². The number of para-hydroxylation sites is 1. The zero-order valence-corrected chi connectivity index (χ0v) is 14.8. The van der Waals surface area contributed by atoms with Crippen LogP contribution in [0.1, 0.15) is 24.8 Å². The fraction of sp³-hybridized carbons (Fsp3) is 0.526. The molecule has 1 heterocycles. The fourth-order valence-corrected chi connectivity index (χ4v) is 3.46. The number of nitrogens with one attached hydrogen (secondary N) is 1. The molecule has 1 saturated carbocycles. The summed E-state index contributed by atoms with van der Waals surface area (Å²) < 4.78 is 5.29. The Labute approximate surface area is 152 Å². The van der Waals surface area contributed by atoms with Gasteiger partial charge in [0.25, 0.3) is 0 Å². The Morgan fingerprint density at radius 1 is 1.19 bits per heavy atom. The first-order valence-corrected chi connectivity index (χ1v) is 8.92. The Kier molecular flexibility index (Phi) is 5.44. The van der Waals surface area contributed by atoms with Crippen LogP contribution in [0.4, 0.5) is 0 Å².